The molecule has 2 N–H and O–H groups in total. The molecular formula is C15H16F6N2O2. The lowest BCUT2D eigenvalue weighted by Crippen LogP contribution is -2.35. The minimum atomic E-state index is -4.24. The molecule has 1 heterocycles. The van der Waals surface area contributed by atoms with Crippen LogP contribution in [0, 0.1) is 0 Å². The summed E-state index contributed by atoms with van der Waals surface area (Å²) in [4.78, 5) is 11.9. The highest BCUT2D eigenvalue weighted by molar-refractivity contribution is 5.95. The van der Waals surface area contributed by atoms with Crippen LogP contribution in [0.25, 0.3) is 0 Å². The van der Waals surface area contributed by atoms with Crippen LogP contribution in [0.15, 0.2) is 24.3 Å². The SMILES string of the molecule is O=C(Nc1cccc(COCC(F)(F)C(F)F)c1)C1CC(F)(F)CN1. The lowest BCUT2D eigenvalue weighted by Gasteiger charge is -2.15. The standard InChI is InChI=1S/C15H16F6N2O2/c16-13(17)15(20,21)8-25-6-9-2-1-3-10(4-9)23-12(24)11-5-14(18,19)7-22-11/h1-4,11,13,22H,5-8H2,(H,23,24). The Morgan fingerprint density at radius 2 is 2.12 bits per heavy atom. The first-order valence-electron chi connectivity index (χ1n) is 7.34. The van der Waals surface area contributed by atoms with Crippen LogP contribution >= 0.6 is 0 Å². The number of hydrogen-bond acceptors (Lipinski definition) is 3. The van der Waals surface area contributed by atoms with Gasteiger partial charge in [-0.05, 0) is 17.7 Å². The van der Waals surface area contributed by atoms with E-state index in [1.165, 1.54) is 24.3 Å². The molecule has 0 saturated carbocycles. The molecule has 1 amide bonds. The molecule has 1 aliphatic rings. The maximum Gasteiger partial charge on any atom is 0.330 e. The van der Waals surface area contributed by atoms with Gasteiger partial charge in [0, 0.05) is 12.1 Å². The third-order valence-corrected chi connectivity index (χ3v) is 3.50. The number of alkyl halides is 6. The van der Waals surface area contributed by atoms with E-state index in [1.807, 2.05) is 0 Å². The Kier molecular flexibility index (Phi) is 5.94. The minimum Gasteiger partial charge on any atom is -0.370 e. The Bertz CT molecular complexity index is 611. The second-order valence-electron chi connectivity index (χ2n) is 5.74. The topological polar surface area (TPSA) is 50.4 Å². The van der Waals surface area contributed by atoms with Gasteiger partial charge in [0.05, 0.1) is 19.2 Å². The highest BCUT2D eigenvalue weighted by atomic mass is 19.3. The van der Waals surface area contributed by atoms with Gasteiger partial charge in [-0.1, -0.05) is 12.1 Å². The Morgan fingerprint density at radius 1 is 1.40 bits per heavy atom. The van der Waals surface area contributed by atoms with Gasteiger partial charge in [-0.3, -0.25) is 10.1 Å². The molecule has 10 heteroatoms. The van der Waals surface area contributed by atoms with Crippen molar-refractivity contribution in [3.8, 4) is 0 Å². The summed E-state index contributed by atoms with van der Waals surface area (Å²) >= 11 is 0. The van der Waals surface area contributed by atoms with Crippen molar-refractivity contribution in [1.82, 2.24) is 5.32 Å². The number of benzene rings is 1. The molecule has 2 rings (SSSR count). The average molecular weight is 370 g/mol. The highest BCUT2D eigenvalue weighted by Crippen LogP contribution is 2.26. The number of anilines is 1. The molecule has 1 saturated heterocycles. The Hall–Kier alpha value is -1.81. The maximum atomic E-state index is 13.1. The normalized spacial score (nSPS) is 20.0. The number of nitrogens with one attached hydrogen (secondary N) is 2. The molecule has 1 aliphatic heterocycles. The van der Waals surface area contributed by atoms with E-state index in [-0.39, 0.29) is 12.3 Å². The van der Waals surface area contributed by atoms with E-state index in [0.29, 0.717) is 5.56 Å². The van der Waals surface area contributed by atoms with Gasteiger partial charge in [-0.15, -0.1) is 0 Å². The number of rotatable bonds is 7. The zero-order valence-electron chi connectivity index (χ0n) is 12.9. The maximum absolute atomic E-state index is 13.1. The van der Waals surface area contributed by atoms with Crippen LogP contribution in [0.5, 0.6) is 0 Å². The van der Waals surface area contributed by atoms with Gasteiger partial charge in [0.25, 0.3) is 5.92 Å². The van der Waals surface area contributed by atoms with Gasteiger partial charge in [-0.25, -0.2) is 17.6 Å². The molecule has 1 fully saturated rings. The van der Waals surface area contributed by atoms with Crippen LogP contribution < -0.4 is 10.6 Å². The fourth-order valence-corrected chi connectivity index (χ4v) is 2.24. The summed E-state index contributed by atoms with van der Waals surface area (Å²) in [6.07, 6.45) is -4.44. The molecular weight excluding hydrogens is 354 g/mol. The summed E-state index contributed by atoms with van der Waals surface area (Å²) in [6.45, 7) is -2.40. The van der Waals surface area contributed by atoms with E-state index in [2.05, 4.69) is 15.4 Å². The van der Waals surface area contributed by atoms with E-state index in [4.69, 9.17) is 0 Å². The van der Waals surface area contributed by atoms with Crippen LogP contribution in [0.2, 0.25) is 0 Å². The van der Waals surface area contributed by atoms with Crippen LogP contribution in [-0.2, 0) is 16.1 Å². The summed E-state index contributed by atoms with van der Waals surface area (Å²) in [6, 6.07) is 4.78. The molecule has 1 aromatic carbocycles. The van der Waals surface area contributed by atoms with Crippen molar-refractivity contribution in [2.45, 2.75) is 37.3 Å². The molecule has 0 radical (unpaired) electrons. The third-order valence-electron chi connectivity index (χ3n) is 3.50. The summed E-state index contributed by atoms with van der Waals surface area (Å²) in [5, 5.41) is 4.83. The number of halogens is 6. The van der Waals surface area contributed by atoms with Crippen LogP contribution in [0.1, 0.15) is 12.0 Å². The predicted molar refractivity (Wildman–Crippen MR) is 77.0 cm³/mol. The molecule has 1 atom stereocenters. The smallest absolute Gasteiger partial charge is 0.330 e. The van der Waals surface area contributed by atoms with Gasteiger partial charge in [0.15, 0.2) is 0 Å². The Morgan fingerprint density at radius 3 is 2.72 bits per heavy atom. The van der Waals surface area contributed by atoms with E-state index in [1.54, 1.807) is 0 Å². The van der Waals surface area contributed by atoms with Crippen molar-refractivity contribution in [2.75, 3.05) is 18.5 Å². The first-order valence-corrected chi connectivity index (χ1v) is 7.34. The van der Waals surface area contributed by atoms with E-state index in [9.17, 15) is 31.1 Å². The largest absolute Gasteiger partial charge is 0.370 e. The van der Waals surface area contributed by atoms with Crippen LogP contribution in [-0.4, -0.2) is 43.4 Å². The lowest BCUT2D eigenvalue weighted by atomic mass is 10.1. The van der Waals surface area contributed by atoms with Gasteiger partial charge < -0.3 is 10.1 Å². The number of hydrogen-bond donors (Lipinski definition) is 2. The summed E-state index contributed by atoms with van der Waals surface area (Å²) in [7, 11) is 0. The van der Waals surface area contributed by atoms with Crippen molar-refractivity contribution < 1.29 is 35.9 Å². The molecule has 0 spiro atoms. The van der Waals surface area contributed by atoms with Gasteiger partial charge >= 0.3 is 12.3 Å². The van der Waals surface area contributed by atoms with E-state index >= 15 is 0 Å². The molecule has 0 aromatic heterocycles. The minimum absolute atomic E-state index is 0.253. The fourth-order valence-electron chi connectivity index (χ4n) is 2.24. The second kappa shape index (κ2) is 7.61. The number of amides is 1. The zero-order chi connectivity index (χ0) is 18.7. The van der Waals surface area contributed by atoms with Gasteiger partial charge in [0.1, 0.15) is 6.61 Å². The highest BCUT2D eigenvalue weighted by Gasteiger charge is 2.42. The lowest BCUT2D eigenvalue weighted by molar-refractivity contribution is -0.168. The van der Waals surface area contributed by atoms with Gasteiger partial charge in [0.2, 0.25) is 5.91 Å². The van der Waals surface area contributed by atoms with Crippen molar-refractivity contribution in [3.05, 3.63) is 29.8 Å². The second-order valence-corrected chi connectivity index (χ2v) is 5.74. The summed E-state index contributed by atoms with van der Waals surface area (Å²) in [5.41, 5.74) is 0.608. The molecule has 1 unspecified atom stereocenters. The predicted octanol–water partition coefficient (Wildman–Crippen LogP) is 3.04. The molecule has 0 bridgehead atoms. The van der Waals surface area contributed by atoms with Gasteiger partial charge in [-0.2, -0.15) is 8.78 Å². The summed E-state index contributed by atoms with van der Waals surface area (Å²) in [5.74, 6) is -7.85. The average Bonchev–Trinajstić information content (AvgIpc) is 2.87. The number of ether oxygens (including phenoxy) is 1. The van der Waals surface area contributed by atoms with Crippen molar-refractivity contribution in [2.24, 2.45) is 0 Å². The van der Waals surface area contributed by atoms with Crippen LogP contribution in [0.4, 0.5) is 32.0 Å². The van der Waals surface area contributed by atoms with Crippen molar-refractivity contribution in [3.63, 3.8) is 0 Å². The quantitative estimate of drug-likeness (QED) is 0.726. The Labute approximate surface area is 139 Å². The first-order chi connectivity index (χ1) is 11.6. The van der Waals surface area contributed by atoms with Crippen molar-refractivity contribution >= 4 is 11.6 Å². The fraction of sp³-hybridized carbons (Fsp3) is 0.533. The number of carbonyl (C=O) groups excluding carboxylic acids is 1. The van der Waals surface area contributed by atoms with E-state index in [0.717, 1.165) is 0 Å². The number of carbonyl (C=O) groups is 1. The Balaban J connectivity index is 1.87. The summed E-state index contributed by atoms with van der Waals surface area (Å²) < 4.78 is 80.2. The molecule has 140 valence electrons. The monoisotopic (exact) mass is 370 g/mol. The molecule has 4 nitrogen and oxygen atoms in total. The van der Waals surface area contributed by atoms with E-state index < -0.39 is 49.8 Å². The molecule has 1 aromatic rings. The van der Waals surface area contributed by atoms with Crippen molar-refractivity contribution in [1.29, 1.82) is 0 Å². The zero-order valence-corrected chi connectivity index (χ0v) is 12.9. The molecule has 0 aliphatic carbocycles. The van der Waals surface area contributed by atoms with Crippen LogP contribution in [0.3, 0.4) is 0 Å². The third kappa shape index (κ3) is 5.60. The first kappa shape index (κ1) is 19.5. The molecule has 25 heavy (non-hydrogen) atoms.